The van der Waals surface area contributed by atoms with Crippen LogP contribution in [0.3, 0.4) is 0 Å². The predicted octanol–water partition coefficient (Wildman–Crippen LogP) is -0.811. The maximum atomic E-state index is 10.5. The average molecular weight is 212 g/mol. The Bertz CT molecular complexity index is 242. The highest BCUT2D eigenvalue weighted by molar-refractivity contribution is 7.85. The van der Waals surface area contributed by atoms with E-state index in [0.29, 0.717) is 11.0 Å². The third-order valence-corrected chi connectivity index (χ3v) is 2.40. The van der Waals surface area contributed by atoms with E-state index in [9.17, 15) is 8.42 Å². The lowest BCUT2D eigenvalue weighted by atomic mass is 10.2. The molecule has 0 radical (unpaired) electrons. The van der Waals surface area contributed by atoms with Gasteiger partial charge in [-0.2, -0.15) is 8.42 Å². The molecule has 2 N–H and O–H groups in total. The molecule has 0 saturated heterocycles. The minimum Gasteiger partial charge on any atom is -0.396 e. The molecule has 0 aromatic heterocycles. The topological polar surface area (TPSA) is 74.6 Å². The zero-order valence-electron chi connectivity index (χ0n) is 8.27. The van der Waals surface area contributed by atoms with E-state index in [4.69, 9.17) is 9.66 Å². The van der Waals surface area contributed by atoms with Crippen molar-refractivity contribution in [2.24, 2.45) is 5.92 Å². The molecule has 0 spiro atoms. The predicted molar refractivity (Wildman–Crippen MR) is 49.9 cm³/mol. The quantitative estimate of drug-likeness (QED) is 0.461. The first kappa shape index (κ1) is 12.8. The summed E-state index contributed by atoms with van der Waals surface area (Å²) in [6.45, 7) is 0.283. The summed E-state index contributed by atoms with van der Waals surface area (Å²) in [5.74, 6) is -0.783. The Kier molecular flexibility index (Phi) is 4.31. The summed E-state index contributed by atoms with van der Waals surface area (Å²) < 4.78 is 30.2. The van der Waals surface area contributed by atoms with Crippen LogP contribution in [-0.4, -0.2) is 62.6 Å². The molecule has 0 aliphatic carbocycles. The fraction of sp³-hybridized carbons (Fsp3) is 1.00. The maximum Gasteiger partial charge on any atom is 0.265 e. The number of quaternary nitrogens is 1. The molecular formula is C7H18NO4S+. The van der Waals surface area contributed by atoms with E-state index >= 15 is 0 Å². The van der Waals surface area contributed by atoms with Gasteiger partial charge in [-0.1, -0.05) is 0 Å². The second kappa shape index (κ2) is 4.36. The van der Waals surface area contributed by atoms with Crippen LogP contribution in [0.2, 0.25) is 0 Å². The Morgan fingerprint density at radius 1 is 1.31 bits per heavy atom. The van der Waals surface area contributed by atoms with Gasteiger partial charge in [0.1, 0.15) is 0 Å². The maximum absolute atomic E-state index is 10.5. The molecule has 13 heavy (non-hydrogen) atoms. The normalized spacial score (nSPS) is 15.8. The van der Waals surface area contributed by atoms with Gasteiger partial charge >= 0.3 is 0 Å². The molecule has 6 heteroatoms. The van der Waals surface area contributed by atoms with Gasteiger partial charge in [-0.05, 0) is 0 Å². The van der Waals surface area contributed by atoms with Crippen molar-refractivity contribution in [3.63, 3.8) is 0 Å². The number of hydrogen-bond donors (Lipinski definition) is 2. The van der Waals surface area contributed by atoms with Crippen molar-refractivity contribution in [2.45, 2.75) is 0 Å². The van der Waals surface area contributed by atoms with Crippen molar-refractivity contribution < 1.29 is 22.6 Å². The van der Waals surface area contributed by atoms with Crippen LogP contribution < -0.4 is 0 Å². The Morgan fingerprint density at radius 3 is 2.00 bits per heavy atom. The van der Waals surface area contributed by atoms with Gasteiger partial charge in [0.2, 0.25) is 0 Å². The summed E-state index contributed by atoms with van der Waals surface area (Å²) in [4.78, 5) is 0. The van der Waals surface area contributed by atoms with E-state index in [1.807, 2.05) is 21.1 Å². The van der Waals surface area contributed by atoms with Gasteiger partial charge in [0.05, 0.1) is 40.0 Å². The Labute approximate surface area is 79.3 Å². The largest absolute Gasteiger partial charge is 0.396 e. The second-order valence-electron chi connectivity index (χ2n) is 4.27. The van der Waals surface area contributed by atoms with E-state index in [2.05, 4.69) is 0 Å². The third kappa shape index (κ3) is 8.17. The van der Waals surface area contributed by atoms with Gasteiger partial charge in [-0.3, -0.25) is 4.55 Å². The van der Waals surface area contributed by atoms with Crippen molar-refractivity contribution >= 4 is 10.1 Å². The monoisotopic (exact) mass is 212 g/mol. The summed E-state index contributed by atoms with van der Waals surface area (Å²) in [7, 11) is 1.71. The molecule has 0 bridgehead atoms. The molecule has 0 aromatic rings. The lowest BCUT2D eigenvalue weighted by molar-refractivity contribution is -0.873. The fourth-order valence-electron chi connectivity index (χ4n) is 1.24. The van der Waals surface area contributed by atoms with Crippen LogP contribution in [-0.2, 0) is 10.1 Å². The molecule has 1 unspecified atom stereocenters. The number of rotatable bonds is 5. The van der Waals surface area contributed by atoms with Crippen molar-refractivity contribution in [1.82, 2.24) is 0 Å². The first-order chi connectivity index (χ1) is 5.64. The first-order valence-electron chi connectivity index (χ1n) is 4.00. The molecule has 0 saturated carbocycles. The number of aliphatic hydroxyl groups is 1. The number of nitrogens with zero attached hydrogens (tertiary/aromatic N) is 1. The van der Waals surface area contributed by atoms with Gasteiger partial charge in [0.15, 0.2) is 0 Å². The smallest absolute Gasteiger partial charge is 0.265 e. The molecule has 0 aromatic carbocycles. The second-order valence-corrected chi connectivity index (χ2v) is 5.77. The molecule has 0 aliphatic rings. The number of hydrogen-bond acceptors (Lipinski definition) is 3. The summed E-state index contributed by atoms with van der Waals surface area (Å²) >= 11 is 0. The van der Waals surface area contributed by atoms with E-state index in [-0.39, 0.29) is 12.4 Å². The molecule has 0 aliphatic heterocycles. The van der Waals surface area contributed by atoms with Crippen LogP contribution in [0.5, 0.6) is 0 Å². The number of aliphatic hydroxyl groups excluding tert-OH is 1. The standard InChI is InChI=1S/C7H17NO4S/c1-8(2,3)4-7(5-9)6-13(10,11)12/h7,9H,4-6H2,1-3H3/p+1. The molecular weight excluding hydrogens is 194 g/mol. The zero-order chi connectivity index (χ0) is 10.7. The Hall–Kier alpha value is -0.170. The van der Waals surface area contributed by atoms with Crippen LogP contribution in [0.25, 0.3) is 0 Å². The highest BCUT2D eigenvalue weighted by atomic mass is 32.2. The van der Waals surface area contributed by atoms with Crippen molar-refractivity contribution in [1.29, 1.82) is 0 Å². The molecule has 0 amide bonds. The van der Waals surface area contributed by atoms with Crippen molar-refractivity contribution in [3.8, 4) is 0 Å². The van der Waals surface area contributed by atoms with Gasteiger partial charge in [0, 0.05) is 5.92 Å². The van der Waals surface area contributed by atoms with Crippen LogP contribution in [0.15, 0.2) is 0 Å². The highest BCUT2D eigenvalue weighted by Crippen LogP contribution is 2.05. The van der Waals surface area contributed by atoms with Crippen LogP contribution in [0, 0.1) is 5.92 Å². The highest BCUT2D eigenvalue weighted by Gasteiger charge is 2.22. The third-order valence-electron chi connectivity index (χ3n) is 1.51. The van der Waals surface area contributed by atoms with Gasteiger partial charge in [-0.15, -0.1) is 0 Å². The first-order valence-corrected chi connectivity index (χ1v) is 5.61. The zero-order valence-corrected chi connectivity index (χ0v) is 9.08. The van der Waals surface area contributed by atoms with Crippen molar-refractivity contribution in [3.05, 3.63) is 0 Å². The average Bonchev–Trinajstić information content (AvgIpc) is 1.79. The van der Waals surface area contributed by atoms with Gasteiger partial charge in [0.25, 0.3) is 10.1 Å². The van der Waals surface area contributed by atoms with Crippen molar-refractivity contribution in [2.75, 3.05) is 40.0 Å². The fourth-order valence-corrected chi connectivity index (χ4v) is 2.04. The Morgan fingerprint density at radius 2 is 1.77 bits per heavy atom. The molecule has 1 atom stereocenters. The minimum atomic E-state index is -3.98. The SMILES string of the molecule is C[N+](C)(C)CC(CO)CS(=O)(=O)O. The van der Waals surface area contributed by atoms with E-state index in [1.54, 1.807) is 0 Å². The Balaban J connectivity index is 4.22. The molecule has 5 nitrogen and oxygen atoms in total. The van der Waals surface area contributed by atoms with E-state index < -0.39 is 16.0 Å². The van der Waals surface area contributed by atoms with Crippen LogP contribution >= 0.6 is 0 Å². The molecule has 0 heterocycles. The van der Waals surface area contributed by atoms with Crippen LogP contribution in [0.1, 0.15) is 0 Å². The summed E-state index contributed by atoms with van der Waals surface area (Å²) in [5.41, 5.74) is 0. The summed E-state index contributed by atoms with van der Waals surface area (Å²) in [6.07, 6.45) is 0. The molecule has 0 fully saturated rings. The van der Waals surface area contributed by atoms with Gasteiger partial charge in [-0.25, -0.2) is 0 Å². The van der Waals surface area contributed by atoms with Gasteiger partial charge < -0.3 is 9.59 Å². The van der Waals surface area contributed by atoms with E-state index in [0.717, 1.165) is 0 Å². The lowest BCUT2D eigenvalue weighted by Gasteiger charge is -2.27. The van der Waals surface area contributed by atoms with Crippen LogP contribution in [0.4, 0.5) is 0 Å². The minimum absolute atomic E-state index is 0.227. The molecule has 80 valence electrons. The van der Waals surface area contributed by atoms with E-state index in [1.165, 1.54) is 0 Å². The lowest BCUT2D eigenvalue weighted by Crippen LogP contribution is -2.42. The molecule has 0 rings (SSSR count). The summed E-state index contributed by atoms with van der Waals surface area (Å²) in [5, 5.41) is 8.87. The summed E-state index contributed by atoms with van der Waals surface area (Å²) in [6, 6.07) is 0.